The van der Waals surface area contributed by atoms with Crippen LogP contribution in [0.3, 0.4) is 0 Å². The molecule has 3 rings (SSSR count). The van der Waals surface area contributed by atoms with Crippen LogP contribution in [0.1, 0.15) is 55.1 Å². The van der Waals surface area contributed by atoms with Gasteiger partial charge in [-0.3, -0.25) is 19.4 Å². The fraction of sp³-hybridized carbons (Fsp3) is 0.391. The summed E-state index contributed by atoms with van der Waals surface area (Å²) in [4.78, 5) is 42.9. The van der Waals surface area contributed by atoms with Gasteiger partial charge in [-0.05, 0) is 44.9 Å². The number of pyridine rings is 1. The number of nitrogens with zero attached hydrogens (tertiary/aromatic N) is 2. The summed E-state index contributed by atoms with van der Waals surface area (Å²) in [5, 5.41) is 9.77. The molecule has 9 heteroatoms. The lowest BCUT2D eigenvalue weighted by Gasteiger charge is -2.26. The first-order valence-corrected chi connectivity index (χ1v) is 10.3. The molecular formula is C23H27N3O6. The SMILES string of the molecule is CC(C)(C)OC(=O)CCC(C(N)=O)N1Cc2ccc(CO)c(Oc3cccnc3)c2C1=O. The molecule has 2 amide bonds. The zero-order chi connectivity index (χ0) is 23.5. The summed E-state index contributed by atoms with van der Waals surface area (Å²) in [5.74, 6) is -1.04. The quantitative estimate of drug-likeness (QED) is 0.601. The lowest BCUT2D eigenvalue weighted by molar-refractivity contribution is -0.155. The number of primary amides is 1. The van der Waals surface area contributed by atoms with Crippen LogP contribution in [0.25, 0.3) is 0 Å². The van der Waals surface area contributed by atoms with Crippen molar-refractivity contribution in [3.05, 3.63) is 53.3 Å². The van der Waals surface area contributed by atoms with Crippen LogP contribution >= 0.6 is 0 Å². The highest BCUT2D eigenvalue weighted by Crippen LogP contribution is 2.38. The zero-order valence-corrected chi connectivity index (χ0v) is 18.3. The number of esters is 1. The number of aliphatic hydroxyl groups is 1. The predicted octanol–water partition coefficient (Wildman–Crippen LogP) is 2.30. The molecule has 9 nitrogen and oxygen atoms in total. The molecule has 0 aliphatic carbocycles. The van der Waals surface area contributed by atoms with Crippen LogP contribution in [0.2, 0.25) is 0 Å². The van der Waals surface area contributed by atoms with Gasteiger partial charge in [-0.25, -0.2) is 0 Å². The van der Waals surface area contributed by atoms with Crippen LogP contribution in [-0.4, -0.2) is 44.4 Å². The molecule has 1 unspecified atom stereocenters. The highest BCUT2D eigenvalue weighted by atomic mass is 16.6. The number of nitrogens with two attached hydrogens (primary N) is 1. The van der Waals surface area contributed by atoms with E-state index in [1.165, 1.54) is 11.1 Å². The number of aromatic nitrogens is 1. The van der Waals surface area contributed by atoms with Crippen molar-refractivity contribution in [2.45, 2.75) is 58.4 Å². The van der Waals surface area contributed by atoms with Gasteiger partial charge in [0.2, 0.25) is 5.91 Å². The van der Waals surface area contributed by atoms with E-state index < -0.39 is 29.4 Å². The van der Waals surface area contributed by atoms with Crippen LogP contribution in [0.5, 0.6) is 11.5 Å². The highest BCUT2D eigenvalue weighted by molar-refractivity contribution is 6.03. The zero-order valence-electron chi connectivity index (χ0n) is 18.3. The summed E-state index contributed by atoms with van der Waals surface area (Å²) in [6, 6.07) is 5.75. The number of carbonyl (C=O) groups is 3. The highest BCUT2D eigenvalue weighted by Gasteiger charge is 2.38. The molecule has 0 bridgehead atoms. The summed E-state index contributed by atoms with van der Waals surface area (Å²) in [6.07, 6.45) is 3.05. The lowest BCUT2D eigenvalue weighted by atomic mass is 10.0. The van der Waals surface area contributed by atoms with Crippen LogP contribution in [0.4, 0.5) is 0 Å². The Balaban J connectivity index is 1.86. The molecule has 170 valence electrons. The van der Waals surface area contributed by atoms with Crippen molar-refractivity contribution in [1.29, 1.82) is 0 Å². The second-order valence-corrected chi connectivity index (χ2v) is 8.51. The first-order chi connectivity index (χ1) is 15.1. The molecule has 0 radical (unpaired) electrons. The molecule has 3 N–H and O–H groups in total. The number of hydrogen-bond acceptors (Lipinski definition) is 7. The second-order valence-electron chi connectivity index (χ2n) is 8.51. The van der Waals surface area contributed by atoms with E-state index in [2.05, 4.69) is 4.98 Å². The van der Waals surface area contributed by atoms with Crippen molar-refractivity contribution in [3.63, 3.8) is 0 Å². The minimum absolute atomic E-state index is 0.0373. The molecule has 0 saturated carbocycles. The standard InChI is InChI=1S/C23H27N3O6/c1-23(2,3)32-18(28)9-8-17(21(24)29)26-12-14-6-7-15(13-27)20(19(14)22(26)30)31-16-5-4-10-25-11-16/h4-7,10-11,17,27H,8-9,12-13H2,1-3H3,(H2,24,29). The molecule has 0 spiro atoms. The number of carbonyl (C=O) groups excluding carboxylic acids is 3. The summed E-state index contributed by atoms with van der Waals surface area (Å²) < 4.78 is 11.2. The summed E-state index contributed by atoms with van der Waals surface area (Å²) in [7, 11) is 0. The maximum Gasteiger partial charge on any atom is 0.306 e. The lowest BCUT2D eigenvalue weighted by Crippen LogP contribution is -2.45. The average molecular weight is 441 g/mol. The summed E-state index contributed by atoms with van der Waals surface area (Å²) >= 11 is 0. The Kier molecular flexibility index (Phi) is 6.78. The number of fused-ring (bicyclic) bond motifs is 1. The van der Waals surface area contributed by atoms with Gasteiger partial charge in [0.15, 0.2) is 0 Å². The Morgan fingerprint density at radius 3 is 2.62 bits per heavy atom. The van der Waals surface area contributed by atoms with E-state index in [4.69, 9.17) is 15.2 Å². The van der Waals surface area contributed by atoms with Crippen LogP contribution in [0, 0.1) is 0 Å². The summed E-state index contributed by atoms with van der Waals surface area (Å²) in [5.41, 5.74) is 6.24. The molecule has 1 atom stereocenters. The van der Waals surface area contributed by atoms with Gasteiger partial charge in [-0.15, -0.1) is 0 Å². The number of rotatable bonds is 8. The third-order valence-corrected chi connectivity index (χ3v) is 4.91. The largest absolute Gasteiger partial charge is 0.460 e. The van der Waals surface area contributed by atoms with Crippen molar-refractivity contribution in [1.82, 2.24) is 9.88 Å². The van der Waals surface area contributed by atoms with Crippen molar-refractivity contribution in [2.24, 2.45) is 5.73 Å². The van der Waals surface area contributed by atoms with E-state index in [1.807, 2.05) is 0 Å². The van der Waals surface area contributed by atoms with Crippen LogP contribution in [0.15, 0.2) is 36.7 Å². The maximum absolute atomic E-state index is 13.3. The van der Waals surface area contributed by atoms with Crippen LogP contribution in [-0.2, 0) is 27.5 Å². The van der Waals surface area contributed by atoms with E-state index in [-0.39, 0.29) is 37.3 Å². The molecule has 1 aromatic carbocycles. The molecule has 1 aliphatic rings. The fourth-order valence-electron chi connectivity index (χ4n) is 3.55. The molecule has 0 fully saturated rings. The molecule has 2 heterocycles. The Morgan fingerprint density at radius 2 is 2.03 bits per heavy atom. The predicted molar refractivity (Wildman–Crippen MR) is 115 cm³/mol. The third-order valence-electron chi connectivity index (χ3n) is 4.91. The fourth-order valence-corrected chi connectivity index (χ4v) is 3.55. The third kappa shape index (κ3) is 5.23. The van der Waals surface area contributed by atoms with E-state index in [9.17, 15) is 19.5 Å². The first kappa shape index (κ1) is 23.2. The summed E-state index contributed by atoms with van der Waals surface area (Å²) in [6.45, 7) is 5.04. The minimum atomic E-state index is -0.994. The Hall–Kier alpha value is -3.46. The molecule has 1 aliphatic heterocycles. The van der Waals surface area contributed by atoms with Gasteiger partial charge in [-0.2, -0.15) is 0 Å². The van der Waals surface area contributed by atoms with E-state index in [1.54, 1.807) is 51.2 Å². The Labute approximate surface area is 186 Å². The van der Waals surface area contributed by atoms with Gasteiger partial charge in [0, 0.05) is 24.7 Å². The minimum Gasteiger partial charge on any atom is -0.460 e. The van der Waals surface area contributed by atoms with E-state index in [0.717, 1.165) is 0 Å². The van der Waals surface area contributed by atoms with Crippen molar-refractivity contribution >= 4 is 17.8 Å². The van der Waals surface area contributed by atoms with Gasteiger partial charge in [0.25, 0.3) is 5.91 Å². The van der Waals surface area contributed by atoms with Gasteiger partial charge in [0.1, 0.15) is 23.1 Å². The maximum atomic E-state index is 13.3. The number of aliphatic hydroxyl groups excluding tert-OH is 1. The van der Waals surface area contributed by atoms with Gasteiger partial charge < -0.3 is 25.2 Å². The molecule has 0 saturated heterocycles. The molecular weight excluding hydrogens is 414 g/mol. The molecule has 32 heavy (non-hydrogen) atoms. The van der Waals surface area contributed by atoms with E-state index in [0.29, 0.717) is 16.9 Å². The van der Waals surface area contributed by atoms with Crippen molar-refractivity contribution < 1.29 is 29.0 Å². The van der Waals surface area contributed by atoms with E-state index >= 15 is 0 Å². The number of ether oxygens (including phenoxy) is 2. The van der Waals surface area contributed by atoms with Gasteiger partial charge in [-0.1, -0.05) is 12.1 Å². The monoisotopic (exact) mass is 441 g/mol. The average Bonchev–Trinajstić information content (AvgIpc) is 3.04. The number of hydrogen-bond donors (Lipinski definition) is 2. The van der Waals surface area contributed by atoms with Crippen LogP contribution < -0.4 is 10.5 Å². The molecule has 1 aromatic heterocycles. The Morgan fingerprint density at radius 1 is 1.28 bits per heavy atom. The number of benzene rings is 1. The normalized spacial score (nSPS) is 14.1. The number of amides is 2. The smallest absolute Gasteiger partial charge is 0.306 e. The Bertz CT molecular complexity index is 1020. The molecule has 2 aromatic rings. The second kappa shape index (κ2) is 9.35. The topological polar surface area (TPSA) is 132 Å². The van der Waals surface area contributed by atoms with Crippen molar-refractivity contribution in [2.75, 3.05) is 0 Å². The van der Waals surface area contributed by atoms with Crippen molar-refractivity contribution in [3.8, 4) is 11.5 Å². The first-order valence-electron chi connectivity index (χ1n) is 10.3. The van der Waals surface area contributed by atoms with Gasteiger partial charge in [0.05, 0.1) is 18.4 Å². The van der Waals surface area contributed by atoms with Gasteiger partial charge >= 0.3 is 5.97 Å².